The molecular formula is C27H23BrN4O5S. The highest BCUT2D eigenvalue weighted by Crippen LogP contribution is 2.37. The van der Waals surface area contributed by atoms with Crippen LogP contribution in [0.3, 0.4) is 0 Å². The Hall–Kier alpha value is -4.22. The minimum Gasteiger partial charge on any atom is -0.493 e. The average Bonchev–Trinajstić information content (AvgIpc) is 2.92. The zero-order valence-corrected chi connectivity index (χ0v) is 22.6. The molecule has 38 heavy (non-hydrogen) atoms. The van der Waals surface area contributed by atoms with Crippen molar-refractivity contribution >= 4 is 49.6 Å². The van der Waals surface area contributed by atoms with Crippen molar-refractivity contribution < 1.29 is 22.7 Å². The molecule has 0 unspecified atom stereocenters. The minimum absolute atomic E-state index is 0.00464. The largest absolute Gasteiger partial charge is 0.493 e. The molecule has 1 aromatic heterocycles. The third-order valence-corrected chi connectivity index (χ3v) is 7.06. The summed E-state index contributed by atoms with van der Waals surface area (Å²) >= 11 is 3.52. The SMILES string of the molecule is COc1cc(C=CC(=O)Nc2ccc(S(=O)(=O)Nc3ncccn3)cc2)cc(Br)c1OCc1ccccc1. The van der Waals surface area contributed by atoms with Crippen LogP contribution in [0.2, 0.25) is 0 Å². The summed E-state index contributed by atoms with van der Waals surface area (Å²) < 4.78 is 39.4. The first-order chi connectivity index (χ1) is 18.3. The molecule has 11 heteroatoms. The number of hydrogen-bond acceptors (Lipinski definition) is 7. The molecule has 3 aromatic carbocycles. The predicted octanol–water partition coefficient (Wildman–Crippen LogP) is 5.28. The van der Waals surface area contributed by atoms with Gasteiger partial charge in [0, 0.05) is 24.2 Å². The normalized spacial score (nSPS) is 11.2. The number of aromatic nitrogens is 2. The number of halogens is 1. The fourth-order valence-electron chi connectivity index (χ4n) is 3.31. The van der Waals surface area contributed by atoms with Crippen LogP contribution in [0, 0.1) is 0 Å². The molecule has 0 radical (unpaired) electrons. The van der Waals surface area contributed by atoms with Gasteiger partial charge in [-0.3, -0.25) is 4.79 Å². The van der Waals surface area contributed by atoms with Crippen LogP contribution >= 0.6 is 15.9 Å². The number of nitrogens with one attached hydrogen (secondary N) is 2. The molecule has 0 aliphatic rings. The van der Waals surface area contributed by atoms with E-state index in [1.54, 1.807) is 25.3 Å². The summed E-state index contributed by atoms with van der Waals surface area (Å²) in [6, 6.07) is 20.7. The fourth-order valence-corrected chi connectivity index (χ4v) is 4.84. The molecular weight excluding hydrogens is 572 g/mol. The van der Waals surface area contributed by atoms with Crippen LogP contribution < -0.4 is 19.5 Å². The second kappa shape index (κ2) is 12.3. The Bertz CT molecular complexity index is 1530. The Balaban J connectivity index is 1.38. The van der Waals surface area contributed by atoms with Crippen molar-refractivity contribution in [3.63, 3.8) is 0 Å². The Kier molecular flexibility index (Phi) is 8.72. The summed E-state index contributed by atoms with van der Waals surface area (Å²) in [5.41, 5.74) is 2.17. The lowest BCUT2D eigenvalue weighted by atomic mass is 10.2. The maximum atomic E-state index is 12.5. The van der Waals surface area contributed by atoms with E-state index >= 15 is 0 Å². The average molecular weight is 595 g/mol. The number of rotatable bonds is 10. The molecule has 194 valence electrons. The van der Waals surface area contributed by atoms with Gasteiger partial charge in [0.25, 0.3) is 10.0 Å². The van der Waals surface area contributed by atoms with Crippen LogP contribution in [0.5, 0.6) is 11.5 Å². The van der Waals surface area contributed by atoms with Gasteiger partial charge in [-0.15, -0.1) is 0 Å². The second-order valence-electron chi connectivity index (χ2n) is 7.83. The lowest BCUT2D eigenvalue weighted by Crippen LogP contribution is -2.15. The van der Waals surface area contributed by atoms with Crippen molar-refractivity contribution in [1.82, 2.24) is 9.97 Å². The van der Waals surface area contributed by atoms with Gasteiger partial charge in [0.2, 0.25) is 11.9 Å². The molecule has 0 aliphatic heterocycles. The lowest BCUT2D eigenvalue weighted by Gasteiger charge is -2.13. The van der Waals surface area contributed by atoms with E-state index in [1.807, 2.05) is 36.4 Å². The van der Waals surface area contributed by atoms with Crippen LogP contribution in [-0.4, -0.2) is 31.4 Å². The number of carbonyl (C=O) groups excluding carboxylic acids is 1. The van der Waals surface area contributed by atoms with Crippen molar-refractivity contribution in [1.29, 1.82) is 0 Å². The number of amides is 1. The number of benzene rings is 3. The van der Waals surface area contributed by atoms with Gasteiger partial charge in [-0.1, -0.05) is 30.3 Å². The van der Waals surface area contributed by atoms with Crippen molar-refractivity contribution in [2.24, 2.45) is 0 Å². The van der Waals surface area contributed by atoms with E-state index in [2.05, 4.69) is 35.9 Å². The van der Waals surface area contributed by atoms with Gasteiger partial charge in [-0.05, 0) is 75.6 Å². The van der Waals surface area contributed by atoms with Crippen LogP contribution in [0.25, 0.3) is 6.08 Å². The number of hydrogen-bond donors (Lipinski definition) is 2. The van der Waals surface area contributed by atoms with Crippen LogP contribution in [0.1, 0.15) is 11.1 Å². The maximum Gasteiger partial charge on any atom is 0.264 e. The van der Waals surface area contributed by atoms with Gasteiger partial charge in [0.1, 0.15) is 6.61 Å². The molecule has 1 amide bonds. The van der Waals surface area contributed by atoms with E-state index in [1.165, 1.54) is 42.7 Å². The molecule has 0 bridgehead atoms. The van der Waals surface area contributed by atoms with Crippen LogP contribution in [0.4, 0.5) is 11.6 Å². The molecule has 1 heterocycles. The molecule has 4 aromatic rings. The van der Waals surface area contributed by atoms with E-state index in [9.17, 15) is 13.2 Å². The van der Waals surface area contributed by atoms with E-state index < -0.39 is 15.9 Å². The monoisotopic (exact) mass is 594 g/mol. The standard InChI is InChI=1S/C27H23BrN4O5S/c1-36-24-17-20(16-23(28)26(24)37-18-19-6-3-2-4-7-19)8-13-25(33)31-21-9-11-22(12-10-21)38(34,35)32-27-29-14-5-15-30-27/h2-17H,18H2,1H3,(H,31,33)(H,29,30,32). The molecule has 2 N–H and O–H groups in total. The number of nitrogens with zero attached hydrogens (tertiary/aromatic N) is 2. The molecule has 0 aliphatic carbocycles. The minimum atomic E-state index is -3.87. The highest BCUT2D eigenvalue weighted by atomic mass is 79.9. The highest BCUT2D eigenvalue weighted by Gasteiger charge is 2.15. The molecule has 0 spiro atoms. The summed E-state index contributed by atoms with van der Waals surface area (Å²) in [6.45, 7) is 0.379. The zero-order valence-electron chi connectivity index (χ0n) is 20.2. The van der Waals surface area contributed by atoms with Crippen molar-refractivity contribution in [2.45, 2.75) is 11.5 Å². The lowest BCUT2D eigenvalue weighted by molar-refractivity contribution is -0.111. The van der Waals surface area contributed by atoms with Gasteiger partial charge >= 0.3 is 0 Å². The molecule has 9 nitrogen and oxygen atoms in total. The van der Waals surface area contributed by atoms with Gasteiger partial charge in [0.05, 0.1) is 16.5 Å². The Morgan fingerprint density at radius 3 is 2.39 bits per heavy atom. The Morgan fingerprint density at radius 1 is 1.00 bits per heavy atom. The second-order valence-corrected chi connectivity index (χ2v) is 10.4. The zero-order chi connectivity index (χ0) is 27.0. The summed E-state index contributed by atoms with van der Waals surface area (Å²) in [6.07, 6.45) is 5.86. The first-order valence-corrected chi connectivity index (χ1v) is 13.5. The summed E-state index contributed by atoms with van der Waals surface area (Å²) in [7, 11) is -2.32. The van der Waals surface area contributed by atoms with Crippen LogP contribution in [-0.2, 0) is 21.4 Å². The number of ether oxygens (including phenoxy) is 2. The van der Waals surface area contributed by atoms with Crippen LogP contribution in [0.15, 0.2) is 101 Å². The Morgan fingerprint density at radius 2 is 1.71 bits per heavy atom. The van der Waals surface area contributed by atoms with E-state index in [0.29, 0.717) is 33.8 Å². The van der Waals surface area contributed by atoms with Crippen molar-refractivity contribution in [3.05, 3.63) is 107 Å². The topological polar surface area (TPSA) is 120 Å². The summed E-state index contributed by atoms with van der Waals surface area (Å²) in [5, 5.41) is 2.70. The molecule has 4 rings (SSSR count). The highest BCUT2D eigenvalue weighted by molar-refractivity contribution is 9.10. The molecule has 0 saturated heterocycles. The number of carbonyl (C=O) groups is 1. The third-order valence-electron chi connectivity index (χ3n) is 5.13. The molecule has 0 atom stereocenters. The third kappa shape index (κ3) is 7.17. The smallest absolute Gasteiger partial charge is 0.264 e. The number of anilines is 2. The molecule has 0 saturated carbocycles. The number of methoxy groups -OCH3 is 1. The fraction of sp³-hybridized carbons (Fsp3) is 0.0741. The maximum absolute atomic E-state index is 12.5. The first kappa shape index (κ1) is 26.8. The van der Waals surface area contributed by atoms with Gasteiger partial charge in [-0.25, -0.2) is 23.1 Å². The molecule has 0 fully saturated rings. The van der Waals surface area contributed by atoms with Gasteiger partial charge in [0.15, 0.2) is 11.5 Å². The van der Waals surface area contributed by atoms with Crippen molar-refractivity contribution in [2.75, 3.05) is 17.1 Å². The van der Waals surface area contributed by atoms with Gasteiger partial charge < -0.3 is 14.8 Å². The summed E-state index contributed by atoms with van der Waals surface area (Å²) in [5.74, 6) is 0.646. The first-order valence-electron chi connectivity index (χ1n) is 11.3. The predicted molar refractivity (Wildman–Crippen MR) is 148 cm³/mol. The Labute approximate surface area is 228 Å². The van der Waals surface area contributed by atoms with Gasteiger partial charge in [-0.2, -0.15) is 0 Å². The van der Waals surface area contributed by atoms with E-state index in [0.717, 1.165) is 5.56 Å². The van der Waals surface area contributed by atoms with E-state index in [4.69, 9.17) is 9.47 Å². The summed E-state index contributed by atoms with van der Waals surface area (Å²) in [4.78, 5) is 20.2. The van der Waals surface area contributed by atoms with Crippen molar-refractivity contribution in [3.8, 4) is 11.5 Å². The van der Waals surface area contributed by atoms with E-state index in [-0.39, 0.29) is 10.8 Å². The number of sulfonamides is 1. The quantitative estimate of drug-likeness (QED) is 0.240.